The van der Waals surface area contributed by atoms with Gasteiger partial charge in [-0.2, -0.15) is 10.4 Å². The number of fused-ring (bicyclic) bond motifs is 1. The molecule has 0 aliphatic rings. The molecule has 0 unspecified atom stereocenters. The molecule has 8 nitrogen and oxygen atoms in total. The summed E-state index contributed by atoms with van der Waals surface area (Å²) in [6.45, 7) is 3.81. The van der Waals surface area contributed by atoms with Crippen LogP contribution in [0.5, 0.6) is 0 Å². The fourth-order valence-corrected chi connectivity index (χ4v) is 3.18. The predicted molar refractivity (Wildman–Crippen MR) is 108 cm³/mol. The van der Waals surface area contributed by atoms with E-state index in [-0.39, 0.29) is 22.1 Å². The zero-order valence-electron chi connectivity index (χ0n) is 16.1. The maximum Gasteiger partial charge on any atom is 0.343 e. The topological polar surface area (TPSA) is 117 Å². The van der Waals surface area contributed by atoms with E-state index < -0.39 is 18.3 Å². The van der Waals surface area contributed by atoms with E-state index in [2.05, 4.69) is 15.1 Å². The minimum Gasteiger partial charge on any atom is -0.507 e. The highest BCUT2D eigenvalue weighted by molar-refractivity contribution is 6.32. The number of benzene rings is 1. The third kappa shape index (κ3) is 4.25. The molecule has 0 spiro atoms. The van der Waals surface area contributed by atoms with Crippen LogP contribution in [0.1, 0.15) is 41.6 Å². The molecule has 0 saturated carbocycles. The van der Waals surface area contributed by atoms with Crippen molar-refractivity contribution in [2.75, 3.05) is 6.61 Å². The van der Waals surface area contributed by atoms with Gasteiger partial charge in [-0.3, -0.25) is 4.68 Å². The van der Waals surface area contributed by atoms with Crippen LogP contribution in [0.2, 0.25) is 5.15 Å². The van der Waals surface area contributed by atoms with Crippen molar-refractivity contribution in [1.82, 2.24) is 19.7 Å². The number of unbranched alkanes of at least 4 members (excludes halogenated alkanes) is 1. The Morgan fingerprint density at radius 1 is 1.41 bits per heavy atom. The number of imidazole rings is 1. The molecule has 29 heavy (non-hydrogen) atoms. The van der Waals surface area contributed by atoms with Gasteiger partial charge in [-0.25, -0.2) is 9.78 Å². The van der Waals surface area contributed by atoms with Crippen LogP contribution in [0.3, 0.4) is 0 Å². The molecule has 9 heteroatoms. The largest absolute Gasteiger partial charge is 0.507 e. The minimum atomic E-state index is -0.719. The summed E-state index contributed by atoms with van der Waals surface area (Å²) in [6, 6.07) is 9.12. The van der Waals surface area contributed by atoms with Crippen molar-refractivity contribution in [1.29, 1.82) is 5.26 Å². The summed E-state index contributed by atoms with van der Waals surface area (Å²) < 4.78 is 6.73. The Kier molecular flexibility index (Phi) is 6.20. The lowest BCUT2D eigenvalue weighted by atomic mass is 10.2. The average Bonchev–Trinajstić information content (AvgIpc) is 3.25. The molecule has 3 aromatic rings. The molecule has 2 N–H and O–H groups in total. The molecule has 3 rings (SSSR count). The van der Waals surface area contributed by atoms with E-state index in [1.54, 1.807) is 23.7 Å². The first-order valence-corrected chi connectivity index (χ1v) is 9.51. The van der Waals surface area contributed by atoms with Crippen LogP contribution in [0.15, 0.2) is 30.0 Å². The molecule has 0 radical (unpaired) electrons. The van der Waals surface area contributed by atoms with E-state index in [1.807, 2.05) is 25.1 Å². The zero-order chi connectivity index (χ0) is 21.0. The maximum atomic E-state index is 12.5. The molecule has 0 atom stereocenters. The number of esters is 1. The minimum absolute atomic E-state index is 0.101. The monoisotopic (exact) mass is 413 g/mol. The van der Waals surface area contributed by atoms with E-state index in [9.17, 15) is 15.2 Å². The van der Waals surface area contributed by atoms with Crippen LogP contribution >= 0.6 is 11.6 Å². The highest BCUT2D eigenvalue weighted by atomic mass is 35.5. The lowest BCUT2D eigenvalue weighted by Gasteiger charge is -2.06. The number of carbonyl (C=O) groups is 1. The Morgan fingerprint density at radius 3 is 2.86 bits per heavy atom. The number of H-pyrrole nitrogens is 1. The predicted octanol–water partition coefficient (Wildman–Crippen LogP) is 4.17. The first kappa shape index (κ1) is 20.4. The molecule has 0 amide bonds. The smallest absolute Gasteiger partial charge is 0.343 e. The number of aliphatic hydroxyl groups excluding tert-OH is 1. The number of nitrogens with zero attached hydrogens (tertiary/aromatic N) is 4. The van der Waals surface area contributed by atoms with Gasteiger partial charge in [-0.1, -0.05) is 37.1 Å². The van der Waals surface area contributed by atoms with Crippen molar-refractivity contribution in [3.8, 4) is 6.07 Å². The second-order valence-electron chi connectivity index (χ2n) is 6.44. The van der Waals surface area contributed by atoms with Gasteiger partial charge in [0.15, 0.2) is 11.6 Å². The Labute approximate surface area is 172 Å². The number of aromatic amines is 1. The van der Waals surface area contributed by atoms with E-state index in [0.29, 0.717) is 17.8 Å². The van der Waals surface area contributed by atoms with E-state index >= 15 is 0 Å². The first-order valence-electron chi connectivity index (χ1n) is 9.13. The third-order valence-corrected chi connectivity index (χ3v) is 4.74. The summed E-state index contributed by atoms with van der Waals surface area (Å²) >= 11 is 6.26. The highest BCUT2D eigenvalue weighted by Gasteiger charge is 2.22. The number of aromatic nitrogens is 4. The van der Waals surface area contributed by atoms with Crippen LogP contribution < -0.4 is 0 Å². The molecule has 1 aromatic carbocycles. The van der Waals surface area contributed by atoms with Crippen molar-refractivity contribution in [2.24, 2.45) is 0 Å². The normalized spacial score (nSPS) is 11.9. The average molecular weight is 414 g/mol. The number of carbonyl (C=O) groups excluding carboxylic acids is 1. The summed E-state index contributed by atoms with van der Waals surface area (Å²) in [5.41, 5.74) is 1.87. The van der Waals surface area contributed by atoms with E-state index in [4.69, 9.17) is 16.3 Å². The summed E-state index contributed by atoms with van der Waals surface area (Å²) in [4.78, 5) is 19.7. The third-order valence-electron chi connectivity index (χ3n) is 4.36. The van der Waals surface area contributed by atoms with Gasteiger partial charge in [0.05, 0.1) is 16.7 Å². The van der Waals surface area contributed by atoms with Crippen molar-refractivity contribution in [3.63, 3.8) is 0 Å². The van der Waals surface area contributed by atoms with Gasteiger partial charge < -0.3 is 14.8 Å². The van der Waals surface area contributed by atoms with Crippen LogP contribution in [0.25, 0.3) is 16.6 Å². The SMILES string of the molecule is CCCCn1nc(C)c(C(=O)OC/C(O)=C(\C#N)c2nc3ccccc3[nH]2)c1Cl. The Morgan fingerprint density at radius 2 is 2.17 bits per heavy atom. The molecular formula is C20H20ClN5O3. The van der Waals surface area contributed by atoms with E-state index in [0.717, 1.165) is 18.4 Å². The summed E-state index contributed by atoms with van der Waals surface area (Å²) in [5.74, 6) is -0.931. The molecule has 2 aromatic heterocycles. The number of nitriles is 1. The zero-order valence-corrected chi connectivity index (χ0v) is 16.8. The number of aliphatic hydroxyl groups is 1. The lowest BCUT2D eigenvalue weighted by molar-refractivity contribution is 0.0502. The lowest BCUT2D eigenvalue weighted by Crippen LogP contribution is -2.10. The summed E-state index contributed by atoms with van der Waals surface area (Å²) in [6.07, 6.45) is 1.84. The van der Waals surface area contributed by atoms with Gasteiger partial charge in [0, 0.05) is 6.54 Å². The van der Waals surface area contributed by atoms with Gasteiger partial charge >= 0.3 is 5.97 Å². The molecule has 0 bridgehead atoms. The number of nitrogens with one attached hydrogen (secondary N) is 1. The number of hydrogen-bond donors (Lipinski definition) is 2. The first-order chi connectivity index (χ1) is 14.0. The van der Waals surface area contributed by atoms with Gasteiger partial charge in [0.1, 0.15) is 29.0 Å². The molecule has 0 saturated heterocycles. The maximum absolute atomic E-state index is 12.5. The Hall–Kier alpha value is -3.31. The second-order valence-corrected chi connectivity index (χ2v) is 6.80. The molecule has 0 aliphatic carbocycles. The Bertz CT molecular complexity index is 1090. The van der Waals surface area contributed by atoms with Crippen molar-refractivity contribution >= 4 is 34.2 Å². The second kappa shape index (κ2) is 8.80. The van der Waals surface area contributed by atoms with Crippen molar-refractivity contribution in [2.45, 2.75) is 33.2 Å². The number of halogens is 1. The van der Waals surface area contributed by atoms with Crippen LogP contribution in [0.4, 0.5) is 0 Å². The standard InChI is InChI=1S/C20H20ClN5O3/c1-3-4-9-26-18(21)17(12(2)25-26)20(28)29-11-16(27)13(10-22)19-23-14-7-5-6-8-15(14)24-19/h5-8,27H,3-4,9,11H2,1-2H3,(H,23,24)/b16-13-. The van der Waals surface area contributed by atoms with Crippen LogP contribution in [-0.2, 0) is 11.3 Å². The number of hydrogen-bond acceptors (Lipinski definition) is 6. The van der Waals surface area contributed by atoms with Crippen molar-refractivity contribution < 1.29 is 14.6 Å². The van der Waals surface area contributed by atoms with Crippen LogP contribution in [-0.4, -0.2) is 37.4 Å². The number of rotatable bonds is 7. The van der Waals surface area contributed by atoms with Gasteiger partial charge in [-0.05, 0) is 25.5 Å². The number of ether oxygens (including phenoxy) is 1. The number of allylic oxidation sites excluding steroid dienone is 1. The highest BCUT2D eigenvalue weighted by Crippen LogP contribution is 2.23. The summed E-state index contributed by atoms with van der Waals surface area (Å²) in [7, 11) is 0. The molecule has 0 fully saturated rings. The van der Waals surface area contributed by atoms with Crippen molar-refractivity contribution in [3.05, 3.63) is 52.3 Å². The number of para-hydroxylation sites is 2. The molecular weight excluding hydrogens is 394 g/mol. The molecule has 0 aliphatic heterocycles. The fourth-order valence-electron chi connectivity index (χ4n) is 2.84. The Balaban J connectivity index is 1.78. The molecule has 150 valence electrons. The van der Waals surface area contributed by atoms with Gasteiger partial charge in [-0.15, -0.1) is 0 Å². The number of aryl methyl sites for hydroxylation is 2. The van der Waals surface area contributed by atoms with Crippen LogP contribution in [0, 0.1) is 18.3 Å². The quantitative estimate of drug-likeness (QED) is 0.341. The van der Waals surface area contributed by atoms with Gasteiger partial charge in [0.2, 0.25) is 0 Å². The summed E-state index contributed by atoms with van der Waals surface area (Å²) in [5, 5.41) is 24.2. The van der Waals surface area contributed by atoms with E-state index in [1.165, 1.54) is 0 Å². The fraction of sp³-hybridized carbons (Fsp3) is 0.300. The molecule has 2 heterocycles. The van der Waals surface area contributed by atoms with Gasteiger partial charge in [0.25, 0.3) is 0 Å².